The van der Waals surface area contributed by atoms with Crippen LogP contribution in [-0.4, -0.2) is 45.3 Å². The average molecular weight is 329 g/mol. The highest BCUT2D eigenvalue weighted by Crippen LogP contribution is 2.30. The maximum absolute atomic E-state index is 14.1. The van der Waals surface area contributed by atoms with Gasteiger partial charge in [-0.3, -0.25) is 5.10 Å². The normalized spacial score (nSPS) is 14.2. The van der Waals surface area contributed by atoms with Gasteiger partial charge in [-0.25, -0.2) is 14.1 Å². The van der Waals surface area contributed by atoms with Gasteiger partial charge in [-0.2, -0.15) is 10.2 Å². The molecule has 1 aliphatic rings. The zero-order valence-electron chi connectivity index (χ0n) is 13.1. The van der Waals surface area contributed by atoms with E-state index in [0.29, 0.717) is 25.3 Å². The Morgan fingerprint density at radius 1 is 1.29 bits per heavy atom. The molecule has 3 aromatic heterocycles. The molecule has 0 saturated carbocycles. The van der Waals surface area contributed by atoms with Crippen LogP contribution < -0.4 is 4.74 Å². The first-order valence-corrected chi connectivity index (χ1v) is 7.65. The predicted molar refractivity (Wildman–Crippen MR) is 83.7 cm³/mol. The molecule has 0 aliphatic carbocycles. The minimum Gasteiger partial charge on any atom is -0.479 e. The van der Waals surface area contributed by atoms with Crippen LogP contribution in [-0.2, 0) is 17.6 Å². The number of aromatic amines is 1. The highest BCUT2D eigenvalue weighted by molar-refractivity contribution is 5.63. The van der Waals surface area contributed by atoms with Crippen LogP contribution in [0.5, 0.6) is 5.88 Å². The molecule has 0 amide bonds. The number of nitrogens with one attached hydrogen (secondary N) is 1. The summed E-state index contributed by atoms with van der Waals surface area (Å²) in [6, 6.07) is 1.38. The second-order valence-electron chi connectivity index (χ2n) is 5.47. The van der Waals surface area contributed by atoms with E-state index < -0.39 is 5.82 Å². The van der Waals surface area contributed by atoms with Gasteiger partial charge >= 0.3 is 0 Å². The standard InChI is InChI=1S/C16H16FN5O2/c1-23-16-13(17)6-11(9-18-16)22-14-3-5-24-4-2-12(14)15(21-22)10-7-19-20-8-10/h6-9H,2-5H2,1H3,(H,19,20). The van der Waals surface area contributed by atoms with Gasteiger partial charge in [-0.1, -0.05) is 0 Å². The highest BCUT2D eigenvalue weighted by Gasteiger charge is 2.23. The zero-order chi connectivity index (χ0) is 16.5. The fraction of sp³-hybridized carbons (Fsp3) is 0.312. The van der Waals surface area contributed by atoms with Gasteiger partial charge in [0.1, 0.15) is 0 Å². The summed E-state index contributed by atoms with van der Waals surface area (Å²) in [6.45, 7) is 1.24. The average Bonchev–Trinajstić information content (AvgIpc) is 3.17. The fourth-order valence-electron chi connectivity index (χ4n) is 2.96. The van der Waals surface area contributed by atoms with Crippen LogP contribution in [0.1, 0.15) is 11.3 Å². The SMILES string of the molecule is COc1ncc(-n2nc(-c3cn[nH]c3)c3c2CCOCC3)cc1F. The molecule has 0 saturated heterocycles. The molecule has 124 valence electrons. The summed E-state index contributed by atoms with van der Waals surface area (Å²) in [4.78, 5) is 4.01. The molecule has 4 rings (SSSR count). The molecule has 0 spiro atoms. The topological polar surface area (TPSA) is 77.9 Å². The Labute approximate surface area is 137 Å². The Balaban J connectivity index is 1.88. The van der Waals surface area contributed by atoms with Crippen LogP contribution in [0.15, 0.2) is 24.7 Å². The van der Waals surface area contributed by atoms with Gasteiger partial charge in [-0.05, 0) is 6.42 Å². The number of aromatic nitrogens is 5. The molecular weight excluding hydrogens is 313 g/mol. The Morgan fingerprint density at radius 3 is 2.92 bits per heavy atom. The highest BCUT2D eigenvalue weighted by atomic mass is 19.1. The Hall–Kier alpha value is -2.74. The molecular formula is C16H16FN5O2. The van der Waals surface area contributed by atoms with Gasteiger partial charge in [0.2, 0.25) is 5.88 Å². The maximum atomic E-state index is 14.1. The monoisotopic (exact) mass is 329 g/mol. The largest absolute Gasteiger partial charge is 0.479 e. The van der Waals surface area contributed by atoms with E-state index in [1.54, 1.807) is 23.3 Å². The minimum absolute atomic E-state index is 0.0320. The number of hydrogen-bond acceptors (Lipinski definition) is 5. The summed E-state index contributed by atoms with van der Waals surface area (Å²) in [5, 5.41) is 11.5. The summed E-state index contributed by atoms with van der Waals surface area (Å²) < 4.78 is 26.3. The molecule has 1 N–H and O–H groups in total. The summed E-state index contributed by atoms with van der Waals surface area (Å²) in [5.74, 6) is -0.552. The Kier molecular flexibility index (Phi) is 3.73. The molecule has 0 unspecified atom stereocenters. The van der Waals surface area contributed by atoms with Gasteiger partial charge in [0.05, 0.1) is 49.8 Å². The van der Waals surface area contributed by atoms with E-state index in [0.717, 1.165) is 28.9 Å². The quantitative estimate of drug-likeness (QED) is 0.794. The van der Waals surface area contributed by atoms with Crippen molar-refractivity contribution in [3.8, 4) is 22.8 Å². The number of hydrogen-bond donors (Lipinski definition) is 1. The molecule has 1 aliphatic heterocycles. The lowest BCUT2D eigenvalue weighted by atomic mass is 10.1. The zero-order valence-corrected chi connectivity index (χ0v) is 13.1. The number of methoxy groups -OCH3 is 1. The van der Waals surface area contributed by atoms with Crippen LogP contribution in [0, 0.1) is 5.82 Å². The van der Waals surface area contributed by atoms with Crippen molar-refractivity contribution >= 4 is 0 Å². The summed E-state index contributed by atoms with van der Waals surface area (Å²) in [5.41, 5.74) is 4.40. The molecule has 0 fully saturated rings. The number of fused-ring (bicyclic) bond motifs is 1. The van der Waals surface area contributed by atoms with E-state index in [9.17, 15) is 4.39 Å². The summed E-state index contributed by atoms with van der Waals surface area (Å²) in [6.07, 6.45) is 6.53. The molecule has 24 heavy (non-hydrogen) atoms. The maximum Gasteiger partial charge on any atom is 0.250 e. The van der Waals surface area contributed by atoms with Crippen molar-refractivity contribution in [2.24, 2.45) is 0 Å². The van der Waals surface area contributed by atoms with Crippen LogP contribution in [0.25, 0.3) is 16.9 Å². The van der Waals surface area contributed by atoms with Gasteiger partial charge < -0.3 is 9.47 Å². The van der Waals surface area contributed by atoms with Crippen LogP contribution >= 0.6 is 0 Å². The number of nitrogens with zero attached hydrogens (tertiary/aromatic N) is 4. The molecule has 8 heteroatoms. The second kappa shape index (κ2) is 6.04. The first kappa shape index (κ1) is 14.8. The molecule has 3 aromatic rings. The Morgan fingerprint density at radius 2 is 2.17 bits per heavy atom. The van der Waals surface area contributed by atoms with Gasteiger partial charge in [0.25, 0.3) is 0 Å². The number of halogens is 1. The number of ether oxygens (including phenoxy) is 2. The third-order valence-corrected chi connectivity index (χ3v) is 4.07. The second-order valence-corrected chi connectivity index (χ2v) is 5.47. The van der Waals surface area contributed by atoms with E-state index in [-0.39, 0.29) is 5.88 Å². The van der Waals surface area contributed by atoms with Crippen molar-refractivity contribution in [3.63, 3.8) is 0 Å². The van der Waals surface area contributed by atoms with Crippen molar-refractivity contribution in [3.05, 3.63) is 41.7 Å². The molecule has 7 nitrogen and oxygen atoms in total. The van der Waals surface area contributed by atoms with E-state index >= 15 is 0 Å². The van der Waals surface area contributed by atoms with Crippen LogP contribution in [0.2, 0.25) is 0 Å². The first-order chi connectivity index (χ1) is 11.8. The molecule has 0 atom stereocenters. The van der Waals surface area contributed by atoms with Crippen LogP contribution in [0.3, 0.4) is 0 Å². The summed E-state index contributed by atoms with van der Waals surface area (Å²) >= 11 is 0. The van der Waals surface area contributed by atoms with E-state index in [1.165, 1.54) is 13.2 Å². The third kappa shape index (κ3) is 2.44. The molecule has 0 aromatic carbocycles. The smallest absolute Gasteiger partial charge is 0.250 e. The lowest BCUT2D eigenvalue weighted by Gasteiger charge is -2.08. The molecule has 0 bridgehead atoms. The van der Waals surface area contributed by atoms with Gasteiger partial charge in [0.15, 0.2) is 5.82 Å². The van der Waals surface area contributed by atoms with Crippen molar-refractivity contribution < 1.29 is 13.9 Å². The number of pyridine rings is 1. The van der Waals surface area contributed by atoms with Gasteiger partial charge in [-0.15, -0.1) is 0 Å². The van der Waals surface area contributed by atoms with Gasteiger partial charge in [0, 0.05) is 29.8 Å². The van der Waals surface area contributed by atoms with E-state index in [1.807, 2.05) is 0 Å². The minimum atomic E-state index is -0.519. The lowest BCUT2D eigenvalue weighted by Crippen LogP contribution is -2.06. The molecule has 0 radical (unpaired) electrons. The first-order valence-electron chi connectivity index (χ1n) is 7.65. The third-order valence-electron chi connectivity index (χ3n) is 4.07. The van der Waals surface area contributed by atoms with Crippen molar-refractivity contribution in [1.82, 2.24) is 25.0 Å². The van der Waals surface area contributed by atoms with Crippen molar-refractivity contribution in [1.29, 1.82) is 0 Å². The number of H-pyrrole nitrogens is 1. The van der Waals surface area contributed by atoms with E-state index in [4.69, 9.17) is 14.6 Å². The Bertz CT molecular complexity index is 860. The molecule has 4 heterocycles. The van der Waals surface area contributed by atoms with E-state index in [2.05, 4.69) is 15.2 Å². The van der Waals surface area contributed by atoms with Crippen molar-refractivity contribution in [2.45, 2.75) is 12.8 Å². The fourth-order valence-corrected chi connectivity index (χ4v) is 2.96. The van der Waals surface area contributed by atoms with Crippen molar-refractivity contribution in [2.75, 3.05) is 20.3 Å². The number of rotatable bonds is 3. The van der Waals surface area contributed by atoms with Crippen LogP contribution in [0.4, 0.5) is 4.39 Å². The predicted octanol–water partition coefficient (Wildman–Crippen LogP) is 1.92. The lowest BCUT2D eigenvalue weighted by molar-refractivity contribution is 0.145. The summed E-state index contributed by atoms with van der Waals surface area (Å²) in [7, 11) is 1.39.